The third-order valence-corrected chi connectivity index (χ3v) is 6.34. The van der Waals surface area contributed by atoms with Crippen LogP contribution in [-0.2, 0) is 29.7 Å². The van der Waals surface area contributed by atoms with E-state index >= 15 is 0 Å². The topological polar surface area (TPSA) is 160 Å². The second-order valence-corrected chi connectivity index (χ2v) is 8.08. The van der Waals surface area contributed by atoms with Gasteiger partial charge in [-0.05, 0) is 49.2 Å². The third-order valence-electron chi connectivity index (χ3n) is 6.25. The second kappa shape index (κ2) is 13.6. The van der Waals surface area contributed by atoms with Crippen LogP contribution in [0, 0.1) is 34.3 Å². The number of thiocarbonyl (C=S) groups is 1. The number of hydrazone groups is 1. The Hall–Kier alpha value is -0.531. The van der Waals surface area contributed by atoms with Crippen LogP contribution in [0.25, 0.3) is 0 Å². The Morgan fingerprint density at radius 1 is 1.36 bits per heavy atom. The number of thiocyanates is 1. The van der Waals surface area contributed by atoms with E-state index in [4.69, 9.17) is 23.2 Å². The number of nitrogens with one attached hydrogen (secondary N) is 1. The van der Waals surface area contributed by atoms with E-state index in [1.54, 1.807) is 0 Å². The Balaban J connectivity index is 0. The maximum atomic E-state index is 13.8. The van der Waals surface area contributed by atoms with Crippen molar-refractivity contribution in [2.75, 3.05) is 0 Å². The standard InChI is InChI=1S/C17H28N3OS.CHNS.Cu.2H2O/c1-2-6-11-12-7-5-9-14(15(12)19-20-16(18)22)17(21)10-4-3-8-13(11)17;2-1-3;;;/h11-14H,2-10H2,1H3,(H3,18,20,22);3H;;2*1H2/q-1;;+2;;/p-1/b19-15+;;;;. The van der Waals surface area contributed by atoms with Gasteiger partial charge in [0.1, 0.15) is 0 Å². The fraction of sp³-hybridized carbons (Fsp3) is 0.833. The van der Waals surface area contributed by atoms with E-state index < -0.39 is 5.60 Å². The van der Waals surface area contributed by atoms with Crippen molar-refractivity contribution in [2.45, 2.75) is 70.3 Å². The first-order chi connectivity index (χ1) is 12.0. The van der Waals surface area contributed by atoms with Gasteiger partial charge in [-0.2, -0.15) is 5.10 Å². The molecular weight excluding hydrogens is 448 g/mol. The van der Waals surface area contributed by atoms with Crippen LogP contribution in [0.2, 0.25) is 0 Å². The minimum absolute atomic E-state index is 0. The molecule has 3 saturated carbocycles. The molecule has 3 fully saturated rings. The van der Waals surface area contributed by atoms with E-state index in [2.05, 4.69) is 30.1 Å². The fourth-order valence-electron chi connectivity index (χ4n) is 5.53. The van der Waals surface area contributed by atoms with E-state index in [0.29, 0.717) is 17.8 Å². The van der Waals surface area contributed by atoms with Gasteiger partial charge in [0.05, 0.1) is 0 Å². The van der Waals surface area contributed by atoms with Crippen molar-refractivity contribution in [3.05, 3.63) is 0 Å². The maximum absolute atomic E-state index is 13.8. The Morgan fingerprint density at radius 2 is 2.00 bits per heavy atom. The molecule has 7 N–H and O–H groups in total. The summed E-state index contributed by atoms with van der Waals surface area (Å²) in [5.41, 5.74) is 8.62. The van der Waals surface area contributed by atoms with Crippen molar-refractivity contribution < 1.29 is 33.1 Å². The van der Waals surface area contributed by atoms with Crippen LogP contribution in [0.5, 0.6) is 0 Å². The summed E-state index contributed by atoms with van der Waals surface area (Å²) >= 11 is 8.60. The van der Waals surface area contributed by atoms with Gasteiger partial charge in [-0.15, -0.1) is 5.60 Å². The molecule has 5 atom stereocenters. The summed E-state index contributed by atoms with van der Waals surface area (Å²) in [5.74, 6) is 1.41. The summed E-state index contributed by atoms with van der Waals surface area (Å²) in [6.07, 6.45) is 9.88. The normalized spacial score (nSPS) is 33.8. The smallest absolute Gasteiger partial charge is 0.849 e. The quantitative estimate of drug-likeness (QED) is 0.199. The molecule has 0 saturated heterocycles. The first kappa shape index (κ1) is 29.7. The van der Waals surface area contributed by atoms with Crippen molar-refractivity contribution in [1.29, 1.82) is 5.26 Å². The number of hydrogen-bond donors (Lipinski definition) is 2. The molecule has 0 spiro atoms. The Morgan fingerprint density at radius 3 is 2.57 bits per heavy atom. The molecule has 2 bridgehead atoms. The Kier molecular flexibility index (Phi) is 14.5. The van der Waals surface area contributed by atoms with Crippen molar-refractivity contribution >= 4 is 35.7 Å². The van der Waals surface area contributed by atoms with Crippen LogP contribution < -0.4 is 16.3 Å². The zero-order valence-corrected chi connectivity index (χ0v) is 18.7. The van der Waals surface area contributed by atoms with E-state index in [-0.39, 0.29) is 39.1 Å². The second-order valence-electron chi connectivity index (χ2n) is 7.45. The molecule has 0 amide bonds. The van der Waals surface area contributed by atoms with Gasteiger partial charge in [0, 0.05) is 11.6 Å². The van der Waals surface area contributed by atoms with Gasteiger partial charge in [0.2, 0.25) is 0 Å². The molecule has 5 unspecified atom stereocenters. The van der Waals surface area contributed by atoms with E-state index in [9.17, 15) is 5.11 Å². The number of hydrogen-bond acceptors (Lipinski definition) is 5. The van der Waals surface area contributed by atoms with Gasteiger partial charge < -0.3 is 34.4 Å². The first-order valence-electron chi connectivity index (χ1n) is 9.34. The molecule has 28 heavy (non-hydrogen) atoms. The van der Waals surface area contributed by atoms with Crippen LogP contribution in [0.3, 0.4) is 0 Å². The summed E-state index contributed by atoms with van der Waals surface area (Å²) < 4.78 is 0. The Labute approximate surface area is 189 Å². The van der Waals surface area contributed by atoms with Crippen LogP contribution in [-0.4, -0.2) is 27.4 Å². The SMILES string of the molecule is CCCC1C2CCCC(/C2=N/NC(N)=S)C2([O-])CCCCC12.N#C[S-].O.O.[Cu+2]. The average molecular weight is 480 g/mol. The molecule has 1 radical (unpaired) electrons. The molecule has 0 aliphatic heterocycles. The number of rotatable bonds is 3. The zero-order valence-electron chi connectivity index (χ0n) is 16.2. The number of nitrogens with two attached hydrogens (primary N) is 1. The van der Waals surface area contributed by atoms with Gasteiger partial charge in [-0.25, -0.2) is 5.26 Å². The molecule has 0 aromatic heterocycles. The maximum Gasteiger partial charge on any atom is 2.00 e. The minimum Gasteiger partial charge on any atom is -0.849 e. The van der Waals surface area contributed by atoms with Crippen LogP contribution in [0.4, 0.5) is 0 Å². The third kappa shape index (κ3) is 6.23. The summed E-state index contributed by atoms with van der Waals surface area (Å²) in [4.78, 5) is 0. The van der Waals surface area contributed by atoms with Gasteiger partial charge >= 0.3 is 17.1 Å². The van der Waals surface area contributed by atoms with E-state index in [0.717, 1.165) is 44.2 Å². The molecule has 0 aromatic rings. The van der Waals surface area contributed by atoms with Crippen LogP contribution in [0.1, 0.15) is 64.7 Å². The summed E-state index contributed by atoms with van der Waals surface area (Å²) in [6, 6.07) is 0. The average Bonchev–Trinajstić information content (AvgIpc) is 2.58. The number of nitrogens with zero attached hydrogens (tertiary/aromatic N) is 2. The predicted octanol–water partition coefficient (Wildman–Crippen LogP) is 0.674. The number of nitriles is 1. The molecule has 0 heterocycles. The van der Waals surface area contributed by atoms with Crippen molar-refractivity contribution in [3.63, 3.8) is 0 Å². The predicted molar refractivity (Wildman–Crippen MR) is 111 cm³/mol. The molecule has 165 valence electrons. The molecular formula is C18H32CuN4O3S2. The summed E-state index contributed by atoms with van der Waals surface area (Å²) in [5, 5.41) is 27.0. The molecule has 0 aromatic carbocycles. The van der Waals surface area contributed by atoms with Crippen molar-refractivity contribution in [1.82, 2.24) is 5.43 Å². The minimum atomic E-state index is -0.800. The van der Waals surface area contributed by atoms with Gasteiger partial charge in [-0.3, -0.25) is 5.43 Å². The van der Waals surface area contributed by atoms with Gasteiger partial charge in [-0.1, -0.05) is 50.8 Å². The van der Waals surface area contributed by atoms with Crippen LogP contribution >= 0.6 is 12.2 Å². The van der Waals surface area contributed by atoms with Crippen LogP contribution in [0.15, 0.2) is 5.10 Å². The zero-order chi connectivity index (χ0) is 18.4. The van der Waals surface area contributed by atoms with Gasteiger partial charge in [0.15, 0.2) is 5.11 Å². The molecule has 3 aliphatic carbocycles. The van der Waals surface area contributed by atoms with E-state index in [1.165, 1.54) is 24.7 Å². The van der Waals surface area contributed by atoms with E-state index in [1.807, 2.05) is 0 Å². The van der Waals surface area contributed by atoms with Crippen molar-refractivity contribution in [3.8, 4) is 5.40 Å². The number of fused-ring (bicyclic) bond motifs is 4. The first-order valence-corrected chi connectivity index (χ1v) is 10.2. The molecule has 3 aliphatic rings. The molecule has 10 heteroatoms. The summed E-state index contributed by atoms with van der Waals surface area (Å²) in [7, 11) is 0. The Bertz CT molecular complexity index is 561. The molecule has 3 rings (SSSR count). The summed E-state index contributed by atoms with van der Waals surface area (Å²) in [6.45, 7) is 2.23. The molecule has 7 nitrogen and oxygen atoms in total. The van der Waals surface area contributed by atoms with Crippen molar-refractivity contribution in [2.24, 2.45) is 34.5 Å². The largest absolute Gasteiger partial charge is 2.00 e. The monoisotopic (exact) mass is 479 g/mol. The van der Waals surface area contributed by atoms with Gasteiger partial charge in [0.25, 0.3) is 0 Å². The fourth-order valence-corrected chi connectivity index (χ4v) is 5.57.